The van der Waals surface area contributed by atoms with Crippen LogP contribution < -0.4 is 4.90 Å². The zero-order valence-electron chi connectivity index (χ0n) is 15.8. The molecule has 2 aliphatic rings. The second kappa shape index (κ2) is 8.66. The monoisotopic (exact) mass is 438 g/mol. The largest absolute Gasteiger partial charge is 0.416 e. The van der Waals surface area contributed by atoms with E-state index < -0.39 is 9.84 Å². The number of piperazine rings is 1. The highest BCUT2D eigenvalue weighted by Crippen LogP contribution is 2.24. The minimum atomic E-state index is -2.92. The highest BCUT2D eigenvalue weighted by Gasteiger charge is 2.29. The normalized spacial score (nSPS) is 21.4. The van der Waals surface area contributed by atoms with Crippen molar-refractivity contribution < 1.29 is 17.6 Å². The predicted octanol–water partition coefficient (Wildman–Crippen LogP) is 0.278. The van der Waals surface area contributed by atoms with Crippen molar-refractivity contribution in [3.05, 3.63) is 24.4 Å². The summed E-state index contributed by atoms with van der Waals surface area (Å²) in [5.74, 6) is 1.79. The van der Waals surface area contributed by atoms with Crippen molar-refractivity contribution in [2.45, 2.75) is 18.1 Å². The zero-order valence-corrected chi connectivity index (χ0v) is 17.4. The van der Waals surface area contributed by atoms with Gasteiger partial charge >= 0.3 is 0 Å². The molecule has 4 rings (SSSR count). The molecule has 0 bridgehead atoms. The van der Waals surface area contributed by atoms with Crippen LogP contribution in [0.3, 0.4) is 0 Å². The van der Waals surface area contributed by atoms with Gasteiger partial charge in [0, 0.05) is 45.0 Å². The van der Waals surface area contributed by atoms with Gasteiger partial charge in [-0.15, -0.1) is 10.2 Å². The Labute approximate surface area is 173 Å². The highest BCUT2D eigenvalue weighted by atomic mass is 32.2. The quantitative estimate of drug-likeness (QED) is 0.581. The summed E-state index contributed by atoms with van der Waals surface area (Å²) in [7, 11) is -2.92. The first-order valence-electron chi connectivity index (χ1n) is 9.44. The first-order chi connectivity index (χ1) is 14.0. The summed E-state index contributed by atoms with van der Waals surface area (Å²) in [5.41, 5.74) is 0. The number of rotatable bonds is 6. The van der Waals surface area contributed by atoms with Gasteiger partial charge in [0.05, 0.1) is 17.3 Å². The molecule has 1 atom stereocenters. The summed E-state index contributed by atoms with van der Waals surface area (Å²) >= 11 is 1.21. The van der Waals surface area contributed by atoms with Gasteiger partial charge in [-0.3, -0.25) is 4.79 Å². The minimum Gasteiger partial charge on any atom is -0.416 e. The number of thioether (sulfide) groups is 1. The van der Waals surface area contributed by atoms with Crippen LogP contribution in [-0.2, 0) is 21.1 Å². The molecule has 156 valence electrons. The molecule has 0 aromatic carbocycles. The van der Waals surface area contributed by atoms with Crippen LogP contribution in [0, 0.1) is 5.92 Å². The molecule has 1 amide bonds. The molecule has 29 heavy (non-hydrogen) atoms. The van der Waals surface area contributed by atoms with E-state index in [1.165, 1.54) is 11.8 Å². The van der Waals surface area contributed by atoms with Gasteiger partial charge in [-0.25, -0.2) is 18.4 Å². The van der Waals surface area contributed by atoms with Crippen LogP contribution in [0.5, 0.6) is 0 Å². The van der Waals surface area contributed by atoms with Crippen LogP contribution in [0.4, 0.5) is 5.95 Å². The highest BCUT2D eigenvalue weighted by molar-refractivity contribution is 7.99. The molecule has 1 unspecified atom stereocenters. The smallest absolute Gasteiger partial charge is 0.277 e. The summed E-state index contributed by atoms with van der Waals surface area (Å²) < 4.78 is 28.7. The SMILES string of the molecule is O=C(CSc1nnc(CC2CCS(=O)(=O)C2)o1)N1CCN(c2ncccn2)CC1. The number of sulfone groups is 1. The maximum Gasteiger partial charge on any atom is 0.277 e. The maximum absolute atomic E-state index is 12.5. The van der Waals surface area contributed by atoms with E-state index in [0.29, 0.717) is 56.1 Å². The van der Waals surface area contributed by atoms with Crippen molar-refractivity contribution in [1.82, 2.24) is 25.1 Å². The van der Waals surface area contributed by atoms with Gasteiger partial charge in [0.25, 0.3) is 5.22 Å². The average molecular weight is 439 g/mol. The molecular formula is C17H22N6O4S2. The van der Waals surface area contributed by atoms with E-state index in [-0.39, 0.29) is 29.1 Å². The molecular weight excluding hydrogens is 416 g/mol. The van der Waals surface area contributed by atoms with E-state index in [9.17, 15) is 13.2 Å². The van der Waals surface area contributed by atoms with Crippen LogP contribution in [0.1, 0.15) is 12.3 Å². The molecule has 4 heterocycles. The number of hydrogen-bond donors (Lipinski definition) is 0. The lowest BCUT2D eigenvalue weighted by Gasteiger charge is -2.34. The maximum atomic E-state index is 12.5. The number of carbonyl (C=O) groups is 1. The third-order valence-electron chi connectivity index (χ3n) is 5.02. The van der Waals surface area contributed by atoms with Gasteiger partial charge in [0.2, 0.25) is 17.7 Å². The number of nitrogens with zero attached hydrogens (tertiary/aromatic N) is 6. The summed E-state index contributed by atoms with van der Waals surface area (Å²) in [6.45, 7) is 2.61. The average Bonchev–Trinajstić information content (AvgIpc) is 3.32. The fourth-order valence-electron chi connectivity index (χ4n) is 3.48. The molecule has 0 saturated carbocycles. The predicted molar refractivity (Wildman–Crippen MR) is 106 cm³/mol. The van der Waals surface area contributed by atoms with E-state index in [4.69, 9.17) is 4.42 Å². The Bertz CT molecular complexity index is 944. The number of hydrogen-bond acceptors (Lipinski definition) is 10. The van der Waals surface area contributed by atoms with Crippen molar-refractivity contribution in [3.63, 3.8) is 0 Å². The lowest BCUT2D eigenvalue weighted by Crippen LogP contribution is -2.49. The third kappa shape index (κ3) is 5.24. The van der Waals surface area contributed by atoms with E-state index in [0.717, 1.165) is 0 Å². The summed E-state index contributed by atoms with van der Waals surface area (Å²) in [4.78, 5) is 24.8. The van der Waals surface area contributed by atoms with Crippen molar-refractivity contribution in [1.29, 1.82) is 0 Å². The Balaban J connectivity index is 1.22. The second-order valence-corrected chi connectivity index (χ2v) is 10.3. The third-order valence-corrected chi connectivity index (χ3v) is 7.67. The number of amides is 1. The topological polar surface area (TPSA) is 122 Å². The Morgan fingerprint density at radius 3 is 2.62 bits per heavy atom. The molecule has 2 fully saturated rings. The number of carbonyl (C=O) groups excluding carboxylic acids is 1. The van der Waals surface area contributed by atoms with Crippen molar-refractivity contribution in [2.75, 3.05) is 48.3 Å². The molecule has 0 radical (unpaired) electrons. The molecule has 2 aliphatic heterocycles. The molecule has 0 N–H and O–H groups in total. The first kappa shape index (κ1) is 20.1. The van der Waals surface area contributed by atoms with Crippen LogP contribution in [0.15, 0.2) is 28.1 Å². The van der Waals surface area contributed by atoms with Crippen LogP contribution in [0.25, 0.3) is 0 Å². The number of anilines is 1. The molecule has 2 aromatic heterocycles. The van der Waals surface area contributed by atoms with E-state index >= 15 is 0 Å². The van der Waals surface area contributed by atoms with Gasteiger partial charge in [-0.1, -0.05) is 11.8 Å². The molecule has 2 aromatic rings. The van der Waals surface area contributed by atoms with Crippen molar-refractivity contribution >= 4 is 33.5 Å². The summed E-state index contributed by atoms with van der Waals surface area (Å²) in [6, 6.07) is 1.78. The van der Waals surface area contributed by atoms with Crippen LogP contribution in [0.2, 0.25) is 0 Å². The van der Waals surface area contributed by atoms with E-state index in [2.05, 4.69) is 25.1 Å². The van der Waals surface area contributed by atoms with Gasteiger partial charge in [0.1, 0.15) is 0 Å². The van der Waals surface area contributed by atoms with Crippen molar-refractivity contribution in [2.24, 2.45) is 5.92 Å². The molecule has 2 saturated heterocycles. The fraction of sp³-hybridized carbons (Fsp3) is 0.588. The number of aromatic nitrogens is 4. The van der Waals surface area contributed by atoms with Crippen LogP contribution >= 0.6 is 11.8 Å². The van der Waals surface area contributed by atoms with Gasteiger partial charge < -0.3 is 14.2 Å². The summed E-state index contributed by atoms with van der Waals surface area (Å²) in [5, 5.41) is 8.29. The molecule has 10 nitrogen and oxygen atoms in total. The minimum absolute atomic E-state index is 0.0188. The summed E-state index contributed by atoms with van der Waals surface area (Å²) in [6.07, 6.45) is 4.51. The standard InChI is InChI=1S/C17H22N6O4S2/c24-15(22-5-7-23(8-6-22)16-18-3-1-4-19-16)11-28-17-21-20-14(27-17)10-13-2-9-29(25,26)12-13/h1,3-4,13H,2,5-12H2. The van der Waals surface area contributed by atoms with Crippen molar-refractivity contribution in [3.8, 4) is 0 Å². The Hall–Kier alpha value is -2.21. The zero-order chi connectivity index (χ0) is 20.3. The Kier molecular flexibility index (Phi) is 5.99. The Morgan fingerprint density at radius 1 is 1.17 bits per heavy atom. The fourth-order valence-corrected chi connectivity index (χ4v) is 6.03. The van der Waals surface area contributed by atoms with Crippen LogP contribution in [-0.4, -0.2) is 82.8 Å². The van der Waals surface area contributed by atoms with E-state index in [1.807, 2.05) is 4.90 Å². The van der Waals surface area contributed by atoms with Gasteiger partial charge in [-0.2, -0.15) is 0 Å². The first-order valence-corrected chi connectivity index (χ1v) is 12.2. The lowest BCUT2D eigenvalue weighted by molar-refractivity contribution is -0.128. The molecule has 12 heteroatoms. The second-order valence-electron chi connectivity index (χ2n) is 7.14. The Morgan fingerprint density at radius 2 is 1.93 bits per heavy atom. The van der Waals surface area contributed by atoms with Gasteiger partial charge in [0.15, 0.2) is 9.84 Å². The van der Waals surface area contributed by atoms with E-state index in [1.54, 1.807) is 18.5 Å². The lowest BCUT2D eigenvalue weighted by atomic mass is 10.1. The van der Waals surface area contributed by atoms with Gasteiger partial charge in [-0.05, 0) is 18.4 Å². The molecule has 0 spiro atoms. The molecule has 0 aliphatic carbocycles.